The SMILES string of the molecule is C.C/C=C/CCC1=CCCC(=O)O1.C/C=C/CCc1cccc(=O)o1.C/C=C\CCC1=CCCC(=O)O1.C/C=C\CCc1cccc(=O)o1. The average molecular weight is 677 g/mol. The maximum atomic E-state index is 10.8. The third kappa shape index (κ3) is 24.1. The molecule has 0 atom stereocenters. The Morgan fingerprint density at radius 1 is 0.531 bits per heavy atom. The Kier molecular flexibility index (Phi) is 26.6. The van der Waals surface area contributed by atoms with Crippen LogP contribution < -0.4 is 11.3 Å². The Morgan fingerprint density at radius 3 is 1.18 bits per heavy atom. The molecular formula is C41H56O8. The molecule has 2 aliphatic rings. The lowest BCUT2D eigenvalue weighted by atomic mass is 10.1. The molecule has 0 bridgehead atoms. The lowest BCUT2D eigenvalue weighted by Crippen LogP contribution is -2.08. The lowest BCUT2D eigenvalue weighted by molar-refractivity contribution is -0.141. The van der Waals surface area contributed by atoms with Crippen molar-refractivity contribution in [3.05, 3.63) is 141 Å². The molecule has 0 N–H and O–H groups in total. The molecule has 8 heteroatoms. The van der Waals surface area contributed by atoms with Crippen LogP contribution in [0, 0.1) is 0 Å². The molecule has 0 aromatic carbocycles. The van der Waals surface area contributed by atoms with Gasteiger partial charge in [-0.15, -0.1) is 0 Å². The molecule has 2 aliphatic heterocycles. The maximum Gasteiger partial charge on any atom is 0.335 e. The van der Waals surface area contributed by atoms with Crippen LogP contribution in [0.4, 0.5) is 0 Å². The van der Waals surface area contributed by atoms with Crippen LogP contribution in [0.3, 0.4) is 0 Å². The molecule has 2 aromatic rings. The summed E-state index contributed by atoms with van der Waals surface area (Å²) in [6.45, 7) is 7.92. The van der Waals surface area contributed by atoms with E-state index < -0.39 is 0 Å². The van der Waals surface area contributed by atoms with Crippen molar-refractivity contribution < 1.29 is 27.9 Å². The Labute approximate surface area is 292 Å². The first-order valence-electron chi connectivity index (χ1n) is 16.7. The van der Waals surface area contributed by atoms with Gasteiger partial charge in [0.05, 0.1) is 0 Å². The van der Waals surface area contributed by atoms with E-state index >= 15 is 0 Å². The number of cyclic esters (lactones) is 2. The molecule has 49 heavy (non-hydrogen) atoms. The topological polar surface area (TPSA) is 113 Å². The normalized spacial score (nSPS) is 14.0. The molecule has 0 fully saturated rings. The molecule has 4 heterocycles. The molecule has 0 saturated heterocycles. The average Bonchev–Trinajstić information content (AvgIpc) is 3.07. The molecule has 0 spiro atoms. The second-order valence-electron chi connectivity index (χ2n) is 10.6. The number of allylic oxidation sites excluding steroid dienone is 12. The van der Waals surface area contributed by atoms with E-state index in [0.29, 0.717) is 12.8 Å². The Bertz CT molecular complexity index is 1380. The van der Waals surface area contributed by atoms with Crippen LogP contribution in [-0.4, -0.2) is 11.9 Å². The second-order valence-corrected chi connectivity index (χ2v) is 10.6. The van der Waals surface area contributed by atoms with Gasteiger partial charge in [-0.1, -0.05) is 68.2 Å². The van der Waals surface area contributed by atoms with Crippen molar-refractivity contribution in [1.82, 2.24) is 0 Å². The minimum absolute atomic E-state index is 0. The summed E-state index contributed by atoms with van der Waals surface area (Å²) < 4.78 is 19.9. The van der Waals surface area contributed by atoms with Crippen LogP contribution in [0.25, 0.3) is 0 Å². The van der Waals surface area contributed by atoms with Gasteiger partial charge in [0.2, 0.25) is 0 Å². The lowest BCUT2D eigenvalue weighted by Gasteiger charge is -2.11. The maximum absolute atomic E-state index is 10.8. The highest BCUT2D eigenvalue weighted by Crippen LogP contribution is 2.17. The Hall–Kier alpha value is -4.72. The fraction of sp³-hybridized carbons (Fsp3) is 0.415. The van der Waals surface area contributed by atoms with Gasteiger partial charge in [-0.3, -0.25) is 9.59 Å². The van der Waals surface area contributed by atoms with Crippen LogP contribution in [0.1, 0.15) is 111 Å². The first-order chi connectivity index (χ1) is 23.3. The van der Waals surface area contributed by atoms with E-state index in [9.17, 15) is 19.2 Å². The highest BCUT2D eigenvalue weighted by Gasteiger charge is 2.11. The zero-order valence-corrected chi connectivity index (χ0v) is 29.0. The fourth-order valence-electron chi connectivity index (χ4n) is 4.19. The quantitative estimate of drug-likeness (QED) is 0.161. The summed E-state index contributed by atoms with van der Waals surface area (Å²) >= 11 is 0. The van der Waals surface area contributed by atoms with Crippen molar-refractivity contribution in [1.29, 1.82) is 0 Å². The number of hydrogen-bond donors (Lipinski definition) is 0. The van der Waals surface area contributed by atoms with Gasteiger partial charge < -0.3 is 18.3 Å². The highest BCUT2D eigenvalue weighted by atomic mass is 16.5. The van der Waals surface area contributed by atoms with Crippen molar-refractivity contribution in [2.45, 2.75) is 112 Å². The summed E-state index contributed by atoms with van der Waals surface area (Å²) in [5.41, 5.74) is -0.541. The summed E-state index contributed by atoms with van der Waals surface area (Å²) in [4.78, 5) is 43.1. The number of carbonyl (C=O) groups excluding carboxylic acids is 2. The number of rotatable bonds is 12. The van der Waals surface area contributed by atoms with Crippen molar-refractivity contribution in [3.63, 3.8) is 0 Å². The summed E-state index contributed by atoms with van der Waals surface area (Å²) in [5, 5.41) is 0. The molecule has 4 rings (SSSR count). The van der Waals surface area contributed by atoms with Gasteiger partial charge in [0.25, 0.3) is 0 Å². The zero-order valence-electron chi connectivity index (χ0n) is 29.0. The number of aryl methyl sites for hydroxylation is 2. The van der Waals surface area contributed by atoms with Gasteiger partial charge in [0.15, 0.2) is 0 Å². The van der Waals surface area contributed by atoms with Gasteiger partial charge >= 0.3 is 23.2 Å². The van der Waals surface area contributed by atoms with Crippen molar-refractivity contribution >= 4 is 11.9 Å². The van der Waals surface area contributed by atoms with Crippen LogP contribution in [-0.2, 0) is 31.9 Å². The standard InChI is InChI=1S/2C10H14O2.2C10H12O2.CH4/c4*1-2-3-4-6-9-7-5-8-10(11)12-9;/h2*2-3,7H,4-6,8H2,1H3;2*2-3,5,7-8H,4,6H2,1H3;1H4/b3-2+;3-2-;3-2+;3-2-;. The molecular weight excluding hydrogens is 620 g/mol. The van der Waals surface area contributed by atoms with Crippen LogP contribution in [0.5, 0.6) is 0 Å². The van der Waals surface area contributed by atoms with Gasteiger partial charge in [-0.2, -0.15) is 0 Å². The number of carbonyl (C=O) groups is 2. The van der Waals surface area contributed by atoms with Crippen LogP contribution in [0.15, 0.2) is 127 Å². The smallest absolute Gasteiger partial charge is 0.335 e. The first kappa shape index (κ1) is 44.3. The largest absolute Gasteiger partial charge is 0.431 e. The van der Waals surface area contributed by atoms with E-state index in [-0.39, 0.29) is 30.6 Å². The molecule has 0 unspecified atom stereocenters. The summed E-state index contributed by atoms with van der Waals surface area (Å²) in [6.07, 6.45) is 30.0. The molecule has 2 aromatic heterocycles. The molecule has 0 aliphatic carbocycles. The molecule has 8 nitrogen and oxygen atoms in total. The van der Waals surface area contributed by atoms with E-state index in [1.807, 2.05) is 88.4 Å². The van der Waals surface area contributed by atoms with Gasteiger partial charge in [-0.05, 0) is 90.5 Å². The molecule has 268 valence electrons. The monoisotopic (exact) mass is 676 g/mol. The van der Waals surface area contributed by atoms with Gasteiger partial charge in [0, 0.05) is 50.7 Å². The van der Waals surface area contributed by atoms with E-state index in [2.05, 4.69) is 12.2 Å². The molecule has 0 saturated carbocycles. The van der Waals surface area contributed by atoms with E-state index in [4.69, 9.17) is 18.3 Å². The van der Waals surface area contributed by atoms with E-state index in [1.165, 1.54) is 12.1 Å². The summed E-state index contributed by atoms with van der Waals surface area (Å²) in [5.74, 6) is 3.00. The zero-order chi connectivity index (χ0) is 35.2. The summed E-state index contributed by atoms with van der Waals surface area (Å²) in [6, 6.07) is 9.92. The van der Waals surface area contributed by atoms with Crippen molar-refractivity contribution in [3.8, 4) is 0 Å². The van der Waals surface area contributed by atoms with E-state index in [0.717, 1.165) is 87.2 Å². The van der Waals surface area contributed by atoms with Crippen molar-refractivity contribution in [2.75, 3.05) is 0 Å². The highest BCUT2D eigenvalue weighted by molar-refractivity contribution is 5.72. The van der Waals surface area contributed by atoms with Crippen LogP contribution >= 0.6 is 0 Å². The molecule has 0 amide bonds. The first-order valence-corrected chi connectivity index (χ1v) is 16.7. The fourth-order valence-corrected chi connectivity index (χ4v) is 4.19. The van der Waals surface area contributed by atoms with Crippen molar-refractivity contribution in [2.24, 2.45) is 0 Å². The van der Waals surface area contributed by atoms with Gasteiger partial charge in [-0.25, -0.2) is 9.59 Å². The predicted octanol–water partition coefficient (Wildman–Crippen LogP) is 10.1. The summed E-state index contributed by atoms with van der Waals surface area (Å²) in [7, 11) is 0. The van der Waals surface area contributed by atoms with Crippen LogP contribution in [0.2, 0.25) is 0 Å². The predicted molar refractivity (Wildman–Crippen MR) is 198 cm³/mol. The Morgan fingerprint density at radius 2 is 0.878 bits per heavy atom. The third-order valence-corrected chi connectivity index (χ3v) is 6.60. The Balaban J connectivity index is 0.000000623. The second kappa shape index (κ2) is 29.4. The minimum Gasteiger partial charge on any atom is -0.431 e. The van der Waals surface area contributed by atoms with Gasteiger partial charge in [0.1, 0.15) is 23.0 Å². The molecule has 0 radical (unpaired) electrons. The number of hydrogen-bond acceptors (Lipinski definition) is 8. The third-order valence-electron chi connectivity index (χ3n) is 6.60. The number of esters is 2. The van der Waals surface area contributed by atoms with E-state index in [1.54, 1.807) is 12.1 Å². The minimum atomic E-state index is -0.270. The number of ether oxygens (including phenoxy) is 2.